The molecule has 122 valence electrons. The molecule has 1 atom stereocenters. The molecule has 0 radical (unpaired) electrons. The average Bonchev–Trinajstić information content (AvgIpc) is 2.46. The number of methoxy groups -OCH3 is 1. The van der Waals surface area contributed by atoms with Crippen LogP contribution in [-0.2, 0) is 14.3 Å². The molecule has 0 bridgehead atoms. The van der Waals surface area contributed by atoms with Gasteiger partial charge in [0.05, 0.1) is 7.11 Å². The maximum absolute atomic E-state index is 11.9. The first-order chi connectivity index (χ1) is 10.0. The Balaban J connectivity index is 3.95. The largest absolute Gasteiger partial charge is 0.469 e. The Morgan fingerprint density at radius 2 is 1.67 bits per heavy atom. The van der Waals surface area contributed by atoms with E-state index < -0.39 is 16.9 Å². The number of hydrogen-bond acceptors (Lipinski definition) is 5. The lowest BCUT2D eigenvalue weighted by Crippen LogP contribution is -2.29. The predicted molar refractivity (Wildman–Crippen MR) is 79.6 cm³/mol. The number of carbonyl (C=O) groups excluding carboxylic acids is 2. The Morgan fingerprint density at radius 3 is 2.24 bits per heavy atom. The third-order valence-corrected chi connectivity index (χ3v) is 3.49. The molecule has 0 saturated heterocycles. The normalized spacial score (nSPS) is 11.9. The fourth-order valence-electron chi connectivity index (χ4n) is 2.17. The molecule has 0 spiro atoms. The van der Waals surface area contributed by atoms with Gasteiger partial charge in [-0.1, -0.05) is 39.0 Å². The molecule has 0 rings (SSSR count). The number of carbonyl (C=O) groups is 2. The van der Waals surface area contributed by atoms with Crippen LogP contribution in [0.15, 0.2) is 0 Å². The molecule has 6 heteroatoms. The number of nitrogens with zero attached hydrogens (tertiary/aromatic N) is 1. The minimum atomic E-state index is -1.18. The third-order valence-electron chi connectivity index (χ3n) is 3.49. The van der Waals surface area contributed by atoms with Crippen molar-refractivity contribution in [1.82, 2.24) is 0 Å². The van der Waals surface area contributed by atoms with Crippen molar-refractivity contribution >= 4 is 11.8 Å². The summed E-state index contributed by atoms with van der Waals surface area (Å²) in [6, 6.07) is -1.18. The standard InChI is InChI=1S/C15H27NO5/c1-3-4-5-6-7-8-11-14(17)13(16(19)20)10-9-12-15(18)21-2/h13H,3-12H2,1-2H3. The predicted octanol–water partition coefficient (Wildman–Crippen LogP) is 3.29. The van der Waals surface area contributed by atoms with Gasteiger partial charge in [0.25, 0.3) is 6.04 Å². The molecule has 21 heavy (non-hydrogen) atoms. The van der Waals surface area contributed by atoms with Gasteiger partial charge in [0.1, 0.15) is 0 Å². The molecule has 0 aromatic heterocycles. The van der Waals surface area contributed by atoms with Crippen LogP contribution in [-0.4, -0.2) is 29.8 Å². The van der Waals surface area contributed by atoms with E-state index in [0.29, 0.717) is 12.8 Å². The van der Waals surface area contributed by atoms with Gasteiger partial charge < -0.3 is 4.74 Å². The van der Waals surface area contributed by atoms with Crippen molar-refractivity contribution in [2.45, 2.75) is 77.2 Å². The summed E-state index contributed by atoms with van der Waals surface area (Å²) in [7, 11) is 1.27. The Morgan fingerprint density at radius 1 is 1.05 bits per heavy atom. The van der Waals surface area contributed by atoms with Crippen LogP contribution in [0.1, 0.15) is 71.1 Å². The van der Waals surface area contributed by atoms with E-state index in [1.54, 1.807) is 0 Å². The van der Waals surface area contributed by atoms with Crippen LogP contribution >= 0.6 is 0 Å². The van der Waals surface area contributed by atoms with E-state index in [4.69, 9.17) is 0 Å². The molecular formula is C15H27NO5. The number of ether oxygens (including phenoxy) is 1. The fourth-order valence-corrected chi connectivity index (χ4v) is 2.17. The van der Waals surface area contributed by atoms with Crippen LogP contribution in [0.25, 0.3) is 0 Å². The molecule has 6 nitrogen and oxygen atoms in total. The Bertz CT molecular complexity index is 330. The van der Waals surface area contributed by atoms with Gasteiger partial charge in [0, 0.05) is 24.2 Å². The molecule has 0 aliphatic rings. The van der Waals surface area contributed by atoms with Gasteiger partial charge in [0.2, 0.25) is 5.78 Å². The third kappa shape index (κ3) is 9.98. The first-order valence-corrected chi connectivity index (χ1v) is 7.76. The van der Waals surface area contributed by atoms with Crippen LogP contribution < -0.4 is 0 Å². The maximum Gasteiger partial charge on any atom is 0.305 e. The van der Waals surface area contributed by atoms with Gasteiger partial charge >= 0.3 is 5.97 Å². The number of rotatable bonds is 13. The van der Waals surface area contributed by atoms with Gasteiger partial charge in [-0.15, -0.1) is 0 Å². The van der Waals surface area contributed by atoms with E-state index in [1.165, 1.54) is 20.0 Å². The molecule has 0 aliphatic heterocycles. The number of unbranched alkanes of at least 4 members (excludes halogenated alkanes) is 5. The summed E-state index contributed by atoms with van der Waals surface area (Å²) in [6.07, 6.45) is 7.04. The molecule has 0 aromatic carbocycles. The van der Waals surface area contributed by atoms with E-state index in [2.05, 4.69) is 11.7 Å². The highest BCUT2D eigenvalue weighted by molar-refractivity contribution is 5.82. The number of nitro groups is 1. The average molecular weight is 301 g/mol. The zero-order valence-corrected chi connectivity index (χ0v) is 13.1. The molecule has 0 amide bonds. The molecule has 0 fully saturated rings. The van der Waals surface area contributed by atoms with E-state index in [-0.39, 0.29) is 25.0 Å². The summed E-state index contributed by atoms with van der Waals surface area (Å²) in [5.41, 5.74) is 0. The highest BCUT2D eigenvalue weighted by atomic mass is 16.6. The number of esters is 1. The summed E-state index contributed by atoms with van der Waals surface area (Å²) in [6.45, 7) is 2.14. The highest BCUT2D eigenvalue weighted by Crippen LogP contribution is 2.12. The van der Waals surface area contributed by atoms with Crippen molar-refractivity contribution in [2.24, 2.45) is 0 Å². The van der Waals surface area contributed by atoms with Crippen LogP contribution in [0.5, 0.6) is 0 Å². The van der Waals surface area contributed by atoms with Crippen molar-refractivity contribution in [3.05, 3.63) is 10.1 Å². The number of ketones is 1. The molecule has 0 saturated carbocycles. The van der Waals surface area contributed by atoms with Gasteiger partial charge in [-0.3, -0.25) is 19.7 Å². The smallest absolute Gasteiger partial charge is 0.305 e. The second kappa shape index (κ2) is 12.3. The van der Waals surface area contributed by atoms with Crippen LogP contribution in [0, 0.1) is 10.1 Å². The van der Waals surface area contributed by atoms with Crippen LogP contribution in [0.2, 0.25) is 0 Å². The molecule has 1 unspecified atom stereocenters. The second-order valence-electron chi connectivity index (χ2n) is 5.25. The first kappa shape index (κ1) is 19.5. The molecule has 0 aromatic rings. The summed E-state index contributed by atoms with van der Waals surface area (Å²) in [4.78, 5) is 33.2. The van der Waals surface area contributed by atoms with Gasteiger partial charge in [-0.2, -0.15) is 0 Å². The van der Waals surface area contributed by atoms with Crippen LogP contribution in [0.4, 0.5) is 0 Å². The number of hydrogen-bond donors (Lipinski definition) is 0. The van der Waals surface area contributed by atoms with E-state index in [0.717, 1.165) is 19.3 Å². The number of Topliss-reactive ketones (excluding diaryl/α,β-unsaturated/α-hetero) is 1. The minimum absolute atomic E-state index is 0.108. The van der Waals surface area contributed by atoms with Crippen molar-refractivity contribution in [3.8, 4) is 0 Å². The zero-order valence-electron chi connectivity index (χ0n) is 13.1. The lowest BCUT2D eigenvalue weighted by atomic mass is 10.0. The van der Waals surface area contributed by atoms with E-state index in [1.807, 2.05) is 0 Å². The quantitative estimate of drug-likeness (QED) is 0.225. The second-order valence-corrected chi connectivity index (χ2v) is 5.25. The summed E-state index contributed by atoms with van der Waals surface area (Å²) >= 11 is 0. The Labute approximate surface area is 126 Å². The van der Waals surface area contributed by atoms with Crippen molar-refractivity contribution < 1.29 is 19.2 Å². The van der Waals surface area contributed by atoms with Gasteiger partial charge in [0.15, 0.2) is 0 Å². The molecular weight excluding hydrogens is 274 g/mol. The highest BCUT2D eigenvalue weighted by Gasteiger charge is 2.28. The van der Waals surface area contributed by atoms with E-state index in [9.17, 15) is 19.7 Å². The minimum Gasteiger partial charge on any atom is -0.469 e. The lowest BCUT2D eigenvalue weighted by molar-refractivity contribution is -0.508. The van der Waals surface area contributed by atoms with Crippen LogP contribution in [0.3, 0.4) is 0 Å². The SMILES string of the molecule is CCCCCCCCC(=O)C(CCCC(=O)OC)[N+](=O)[O-]. The van der Waals surface area contributed by atoms with Crippen molar-refractivity contribution in [1.29, 1.82) is 0 Å². The fraction of sp³-hybridized carbons (Fsp3) is 0.867. The Kier molecular flexibility index (Phi) is 11.4. The monoisotopic (exact) mass is 301 g/mol. The Hall–Kier alpha value is -1.46. The topological polar surface area (TPSA) is 86.5 Å². The molecule has 0 heterocycles. The van der Waals surface area contributed by atoms with Gasteiger partial charge in [-0.25, -0.2) is 0 Å². The first-order valence-electron chi connectivity index (χ1n) is 7.76. The maximum atomic E-state index is 11.9. The summed E-state index contributed by atoms with van der Waals surface area (Å²) < 4.78 is 4.47. The van der Waals surface area contributed by atoms with E-state index >= 15 is 0 Å². The molecule has 0 aliphatic carbocycles. The zero-order chi connectivity index (χ0) is 16.1. The van der Waals surface area contributed by atoms with Gasteiger partial charge in [-0.05, 0) is 12.8 Å². The summed E-state index contributed by atoms with van der Waals surface area (Å²) in [5, 5.41) is 10.9. The summed E-state index contributed by atoms with van der Waals surface area (Å²) in [5.74, 6) is -0.721. The lowest BCUT2D eigenvalue weighted by Gasteiger charge is -2.08. The van der Waals surface area contributed by atoms with Crippen molar-refractivity contribution in [2.75, 3.05) is 7.11 Å². The van der Waals surface area contributed by atoms with Crippen molar-refractivity contribution in [3.63, 3.8) is 0 Å². The molecule has 0 N–H and O–H groups in total.